The van der Waals surface area contributed by atoms with Crippen molar-refractivity contribution in [3.63, 3.8) is 0 Å². The maximum atomic E-state index is 12.1. The van der Waals surface area contributed by atoms with Crippen molar-refractivity contribution in [1.82, 2.24) is 15.2 Å². The number of nitrogens with one attached hydrogen (secondary N) is 2. The Kier molecular flexibility index (Phi) is 4.58. The van der Waals surface area contributed by atoms with E-state index in [0.717, 1.165) is 12.8 Å². The summed E-state index contributed by atoms with van der Waals surface area (Å²) in [5.74, 6) is 0.902. The summed E-state index contributed by atoms with van der Waals surface area (Å²) in [7, 11) is -3.94. The maximum absolute atomic E-state index is 12.1. The number of aromatic amines is 2. The van der Waals surface area contributed by atoms with Crippen molar-refractivity contribution < 1.29 is 14.4 Å². The van der Waals surface area contributed by atoms with Crippen molar-refractivity contribution in [3.8, 4) is 0 Å². The van der Waals surface area contributed by atoms with Gasteiger partial charge in [0.1, 0.15) is 11.2 Å². The third kappa shape index (κ3) is 3.75. The van der Waals surface area contributed by atoms with Crippen molar-refractivity contribution in [2.75, 3.05) is 24.2 Å². The molecular formula is C14H19N4O5P. The molecule has 0 bridgehead atoms. The lowest BCUT2D eigenvalue weighted by Crippen LogP contribution is -2.35. The average Bonchev–Trinajstić information content (AvgIpc) is 2.52. The first kappa shape index (κ1) is 16.9. The minimum Gasteiger partial charge on any atom is -0.358 e. The molecule has 4 N–H and O–H groups in total. The molecule has 1 aliphatic heterocycles. The molecule has 0 radical (unpaired) electrons. The second-order valence-corrected chi connectivity index (χ2v) is 7.90. The SMILES string of the molecule is O=c1[nH]ncc2cc(N3CCC(CCP(=O)(O)O)CC3)[nH]c(=O)c12. The van der Waals surface area contributed by atoms with Crippen LogP contribution in [0.15, 0.2) is 21.9 Å². The lowest BCUT2D eigenvalue weighted by atomic mass is 9.94. The first-order valence-electron chi connectivity index (χ1n) is 7.74. The molecular weight excluding hydrogens is 335 g/mol. The molecule has 0 atom stereocenters. The number of anilines is 1. The maximum Gasteiger partial charge on any atom is 0.325 e. The van der Waals surface area contributed by atoms with E-state index in [1.54, 1.807) is 6.07 Å². The highest BCUT2D eigenvalue weighted by molar-refractivity contribution is 7.51. The van der Waals surface area contributed by atoms with Gasteiger partial charge in [-0.3, -0.25) is 14.2 Å². The number of pyridine rings is 1. The fourth-order valence-corrected chi connectivity index (χ4v) is 3.80. The summed E-state index contributed by atoms with van der Waals surface area (Å²) in [6.45, 7) is 1.37. The molecule has 0 spiro atoms. The van der Waals surface area contributed by atoms with Gasteiger partial charge in [0.15, 0.2) is 0 Å². The number of hydrogen-bond donors (Lipinski definition) is 4. The summed E-state index contributed by atoms with van der Waals surface area (Å²) in [5, 5.41) is 6.51. The van der Waals surface area contributed by atoms with Crippen molar-refractivity contribution >= 4 is 24.2 Å². The van der Waals surface area contributed by atoms with E-state index in [4.69, 9.17) is 9.79 Å². The van der Waals surface area contributed by atoms with Crippen LogP contribution in [0.25, 0.3) is 10.8 Å². The van der Waals surface area contributed by atoms with E-state index >= 15 is 0 Å². The minimum atomic E-state index is -3.94. The molecule has 9 nitrogen and oxygen atoms in total. The Morgan fingerprint density at radius 2 is 1.96 bits per heavy atom. The summed E-state index contributed by atoms with van der Waals surface area (Å²) in [6, 6.07) is 1.73. The molecule has 1 aliphatic rings. The number of fused-ring (bicyclic) bond motifs is 1. The summed E-state index contributed by atoms with van der Waals surface area (Å²) in [5.41, 5.74) is -0.966. The fourth-order valence-electron chi connectivity index (χ4n) is 3.10. The monoisotopic (exact) mass is 354 g/mol. The molecule has 0 saturated carbocycles. The topological polar surface area (TPSA) is 139 Å². The number of piperidine rings is 1. The van der Waals surface area contributed by atoms with Crippen LogP contribution in [-0.4, -0.2) is 44.2 Å². The molecule has 130 valence electrons. The standard InChI is InChI=1S/C14H19N4O5P/c19-13-12-10(8-15-17-14(12)20)7-11(16-13)18-4-1-9(2-5-18)3-6-24(21,22)23/h7-9H,1-6H2,(H,16,19)(H,17,20)(H2,21,22,23). The highest BCUT2D eigenvalue weighted by Crippen LogP contribution is 2.37. The molecule has 24 heavy (non-hydrogen) atoms. The molecule has 0 amide bonds. The number of nitrogens with zero attached hydrogens (tertiary/aromatic N) is 2. The Morgan fingerprint density at radius 1 is 1.25 bits per heavy atom. The van der Waals surface area contributed by atoms with Crippen LogP contribution in [0.2, 0.25) is 0 Å². The van der Waals surface area contributed by atoms with Crippen molar-refractivity contribution in [2.24, 2.45) is 5.92 Å². The van der Waals surface area contributed by atoms with Gasteiger partial charge in [-0.2, -0.15) is 5.10 Å². The van der Waals surface area contributed by atoms with Crippen molar-refractivity contribution in [1.29, 1.82) is 0 Å². The minimum absolute atomic E-state index is 0.0604. The van der Waals surface area contributed by atoms with Gasteiger partial charge in [0.2, 0.25) is 0 Å². The predicted molar refractivity (Wildman–Crippen MR) is 89.4 cm³/mol. The Bertz CT molecular complexity index is 894. The predicted octanol–water partition coefficient (Wildman–Crippen LogP) is 0.396. The molecule has 3 rings (SSSR count). The summed E-state index contributed by atoms with van der Waals surface area (Å²) in [6.07, 6.45) is 3.47. The molecule has 10 heteroatoms. The largest absolute Gasteiger partial charge is 0.358 e. The van der Waals surface area contributed by atoms with Crippen molar-refractivity contribution in [3.05, 3.63) is 33.0 Å². The Labute approximate surface area is 136 Å². The lowest BCUT2D eigenvalue weighted by molar-refractivity contribution is 0.350. The molecule has 3 heterocycles. The second kappa shape index (κ2) is 6.51. The van der Waals surface area contributed by atoms with E-state index in [9.17, 15) is 14.2 Å². The van der Waals surface area contributed by atoms with Crippen LogP contribution in [0.1, 0.15) is 19.3 Å². The first-order chi connectivity index (χ1) is 11.3. The van der Waals surface area contributed by atoms with Crippen LogP contribution in [0, 0.1) is 5.92 Å². The van der Waals surface area contributed by atoms with Crippen molar-refractivity contribution in [2.45, 2.75) is 19.3 Å². The van der Waals surface area contributed by atoms with Crippen LogP contribution in [0.4, 0.5) is 5.82 Å². The van der Waals surface area contributed by atoms with Gasteiger partial charge in [0, 0.05) is 18.5 Å². The summed E-state index contributed by atoms with van der Waals surface area (Å²) < 4.78 is 11.0. The van der Waals surface area contributed by atoms with Crippen LogP contribution >= 0.6 is 7.60 Å². The van der Waals surface area contributed by atoms with Gasteiger partial charge in [0.05, 0.1) is 12.4 Å². The van der Waals surface area contributed by atoms with Crippen LogP contribution in [0.3, 0.4) is 0 Å². The lowest BCUT2D eigenvalue weighted by Gasteiger charge is -2.33. The third-order valence-corrected chi connectivity index (χ3v) is 5.27. The van der Waals surface area contributed by atoms with E-state index in [2.05, 4.69) is 15.2 Å². The number of hydrogen-bond acceptors (Lipinski definition) is 5. The Hall–Kier alpha value is -1.96. The molecule has 2 aromatic heterocycles. The van der Waals surface area contributed by atoms with Gasteiger partial charge in [-0.25, -0.2) is 5.10 Å². The Morgan fingerprint density at radius 3 is 2.62 bits per heavy atom. The fraction of sp³-hybridized carbons (Fsp3) is 0.500. The van der Waals surface area contributed by atoms with Gasteiger partial charge >= 0.3 is 7.60 Å². The first-order valence-corrected chi connectivity index (χ1v) is 9.53. The molecule has 0 aliphatic carbocycles. The zero-order chi connectivity index (χ0) is 17.3. The quantitative estimate of drug-likeness (QED) is 0.583. The molecule has 0 unspecified atom stereocenters. The number of rotatable bonds is 4. The highest BCUT2D eigenvalue weighted by atomic mass is 31.2. The van der Waals surface area contributed by atoms with Gasteiger partial charge < -0.3 is 19.7 Å². The van der Waals surface area contributed by atoms with Gasteiger partial charge in [-0.05, 0) is 31.2 Å². The van der Waals surface area contributed by atoms with Gasteiger partial charge in [0.25, 0.3) is 11.1 Å². The van der Waals surface area contributed by atoms with Crippen LogP contribution < -0.4 is 16.0 Å². The van der Waals surface area contributed by atoms with E-state index in [1.165, 1.54) is 6.20 Å². The van der Waals surface area contributed by atoms with E-state index in [-0.39, 0.29) is 17.5 Å². The summed E-state index contributed by atoms with van der Waals surface area (Å²) >= 11 is 0. The second-order valence-electron chi connectivity index (χ2n) is 6.12. The summed E-state index contributed by atoms with van der Waals surface area (Å²) in [4.78, 5) is 46.4. The molecule has 1 saturated heterocycles. The normalized spacial score (nSPS) is 16.7. The zero-order valence-electron chi connectivity index (χ0n) is 12.9. The van der Waals surface area contributed by atoms with Gasteiger partial charge in [-0.1, -0.05) is 0 Å². The van der Waals surface area contributed by atoms with E-state index in [0.29, 0.717) is 30.7 Å². The zero-order valence-corrected chi connectivity index (χ0v) is 13.8. The number of H-pyrrole nitrogens is 2. The highest BCUT2D eigenvalue weighted by Gasteiger charge is 2.23. The molecule has 0 aromatic carbocycles. The smallest absolute Gasteiger partial charge is 0.325 e. The van der Waals surface area contributed by atoms with Gasteiger partial charge in [-0.15, -0.1) is 0 Å². The van der Waals surface area contributed by atoms with E-state index < -0.39 is 18.7 Å². The third-order valence-electron chi connectivity index (χ3n) is 4.43. The Balaban J connectivity index is 1.73. The molecule has 1 fully saturated rings. The number of aromatic nitrogens is 3. The average molecular weight is 354 g/mol. The van der Waals surface area contributed by atoms with Crippen LogP contribution in [0.5, 0.6) is 0 Å². The molecule has 2 aromatic rings. The van der Waals surface area contributed by atoms with Crippen LogP contribution in [-0.2, 0) is 4.57 Å². The van der Waals surface area contributed by atoms with E-state index in [1.807, 2.05) is 4.90 Å².